The van der Waals surface area contributed by atoms with Crippen LogP contribution in [0.15, 0.2) is 48.8 Å². The summed E-state index contributed by atoms with van der Waals surface area (Å²) in [5.74, 6) is 2.47. The molecular formula is C25H29N7O6S. The van der Waals surface area contributed by atoms with Crippen LogP contribution in [0.1, 0.15) is 23.3 Å². The molecule has 0 spiro atoms. The molecular weight excluding hydrogens is 526 g/mol. The lowest BCUT2D eigenvalue weighted by Gasteiger charge is -2.25. The van der Waals surface area contributed by atoms with Crippen molar-refractivity contribution >= 4 is 11.3 Å². The van der Waals surface area contributed by atoms with Crippen molar-refractivity contribution in [1.29, 1.82) is 0 Å². The van der Waals surface area contributed by atoms with Gasteiger partial charge in [-0.3, -0.25) is 9.12 Å². The van der Waals surface area contributed by atoms with Gasteiger partial charge in [0.2, 0.25) is 17.1 Å². The Hall–Kier alpha value is -3.98. The number of hydrogen-bond acceptors (Lipinski definition) is 10. The fourth-order valence-electron chi connectivity index (χ4n) is 4.09. The van der Waals surface area contributed by atoms with Crippen molar-refractivity contribution in [3.8, 4) is 34.6 Å². The summed E-state index contributed by atoms with van der Waals surface area (Å²) in [6.45, 7) is 1.86. The van der Waals surface area contributed by atoms with Crippen LogP contribution in [0.3, 0.4) is 0 Å². The van der Waals surface area contributed by atoms with E-state index in [0.29, 0.717) is 46.2 Å². The molecule has 2 N–H and O–H groups in total. The Morgan fingerprint density at radius 2 is 1.64 bits per heavy atom. The van der Waals surface area contributed by atoms with E-state index in [9.17, 15) is 8.76 Å². The summed E-state index contributed by atoms with van der Waals surface area (Å²) >= 11 is -2.39. The fourth-order valence-corrected chi connectivity index (χ4v) is 4.56. The number of ether oxygens (including phenoxy) is 4. The molecule has 0 bridgehead atoms. The summed E-state index contributed by atoms with van der Waals surface area (Å²) in [6, 6.07) is 9.83. The van der Waals surface area contributed by atoms with Gasteiger partial charge in [0.05, 0.1) is 27.4 Å². The zero-order valence-electron chi connectivity index (χ0n) is 22.1. The van der Waals surface area contributed by atoms with Crippen molar-refractivity contribution in [2.75, 3.05) is 28.4 Å². The van der Waals surface area contributed by atoms with E-state index in [1.165, 1.54) is 14.2 Å². The van der Waals surface area contributed by atoms with Crippen LogP contribution in [0.4, 0.5) is 0 Å². The Morgan fingerprint density at radius 3 is 2.23 bits per heavy atom. The molecule has 0 aliphatic carbocycles. The van der Waals surface area contributed by atoms with E-state index in [0.717, 1.165) is 5.56 Å². The molecule has 0 amide bonds. The molecule has 206 valence electrons. The van der Waals surface area contributed by atoms with Gasteiger partial charge >= 0.3 is 0 Å². The van der Waals surface area contributed by atoms with Crippen molar-refractivity contribution < 1.29 is 27.7 Å². The number of pyridine rings is 1. The standard InChI is InChI=1S/C25H29N7O6S/c1-15-13-26-24(27-14-15)23(38-5)17(31-39(33)34)12-20-29-30-25(16-8-6-11-21(28-16)37-4)32(20)22-18(35-2)9-7-10-19(22)36-3/h6-11,13-14,17,23,31H,12H2,1-5H3,(H,33,34)/t17-,23-/m0/s1. The molecule has 14 heteroatoms. The van der Waals surface area contributed by atoms with Crippen LogP contribution in [-0.2, 0) is 22.4 Å². The third kappa shape index (κ3) is 6.20. The van der Waals surface area contributed by atoms with E-state index in [2.05, 4.69) is 29.9 Å². The number of para-hydroxylation sites is 1. The summed E-state index contributed by atoms with van der Waals surface area (Å²) < 4.78 is 48.5. The molecule has 0 saturated carbocycles. The first-order valence-electron chi connectivity index (χ1n) is 11.8. The second-order valence-corrected chi connectivity index (χ2v) is 9.04. The third-order valence-electron chi connectivity index (χ3n) is 5.85. The molecule has 3 heterocycles. The minimum absolute atomic E-state index is 0.0697. The average Bonchev–Trinajstić information content (AvgIpc) is 3.36. The molecule has 1 unspecified atom stereocenters. The molecule has 0 fully saturated rings. The molecule has 3 atom stereocenters. The van der Waals surface area contributed by atoms with E-state index >= 15 is 0 Å². The molecule has 0 radical (unpaired) electrons. The van der Waals surface area contributed by atoms with Crippen LogP contribution >= 0.6 is 0 Å². The Bertz CT molecular complexity index is 1410. The maximum atomic E-state index is 12.0. The van der Waals surface area contributed by atoms with E-state index in [-0.39, 0.29) is 6.42 Å². The second-order valence-electron chi connectivity index (χ2n) is 8.30. The van der Waals surface area contributed by atoms with Gasteiger partial charge in [0.25, 0.3) is 0 Å². The molecule has 0 saturated heterocycles. The first kappa shape index (κ1) is 28.0. The van der Waals surface area contributed by atoms with Crippen LogP contribution in [0.2, 0.25) is 0 Å². The van der Waals surface area contributed by atoms with Gasteiger partial charge in [-0.15, -0.1) is 10.2 Å². The number of nitrogens with zero attached hydrogens (tertiary/aromatic N) is 6. The number of aromatic nitrogens is 6. The largest absolute Gasteiger partial charge is 0.494 e. The van der Waals surface area contributed by atoms with Crippen molar-refractivity contribution in [3.05, 3.63) is 66.0 Å². The van der Waals surface area contributed by atoms with E-state index < -0.39 is 23.4 Å². The first-order valence-corrected chi connectivity index (χ1v) is 12.9. The van der Waals surface area contributed by atoms with Crippen molar-refractivity contribution in [3.63, 3.8) is 0 Å². The number of rotatable bonds is 12. The highest BCUT2D eigenvalue weighted by Crippen LogP contribution is 2.37. The predicted molar refractivity (Wildman–Crippen MR) is 142 cm³/mol. The summed E-state index contributed by atoms with van der Waals surface area (Å²) in [5.41, 5.74) is 1.86. The highest BCUT2D eigenvalue weighted by atomic mass is 32.2. The summed E-state index contributed by atoms with van der Waals surface area (Å²) in [7, 11) is 6.08. The second kappa shape index (κ2) is 12.7. The highest BCUT2D eigenvalue weighted by Gasteiger charge is 2.31. The zero-order valence-corrected chi connectivity index (χ0v) is 22.9. The Balaban J connectivity index is 1.90. The summed E-state index contributed by atoms with van der Waals surface area (Å²) in [4.78, 5) is 13.3. The maximum Gasteiger partial charge on any atom is 0.232 e. The van der Waals surface area contributed by atoms with Crippen molar-refractivity contribution in [1.82, 2.24) is 34.4 Å². The van der Waals surface area contributed by atoms with Gasteiger partial charge in [0.1, 0.15) is 34.8 Å². The minimum atomic E-state index is -2.39. The lowest BCUT2D eigenvalue weighted by atomic mass is 10.1. The van der Waals surface area contributed by atoms with Crippen molar-refractivity contribution in [2.45, 2.75) is 25.5 Å². The normalized spacial score (nSPS) is 13.5. The summed E-state index contributed by atoms with van der Waals surface area (Å²) in [6.07, 6.45) is 2.57. The molecule has 3 aromatic heterocycles. The topological polar surface area (TPSA) is 156 Å². The number of methoxy groups -OCH3 is 4. The third-order valence-corrected chi connectivity index (χ3v) is 6.35. The number of nitrogens with one attached hydrogen (secondary N) is 1. The van der Waals surface area contributed by atoms with Crippen LogP contribution in [0, 0.1) is 6.92 Å². The lowest BCUT2D eigenvalue weighted by molar-refractivity contribution is 0.0671. The van der Waals surface area contributed by atoms with Crippen molar-refractivity contribution in [2.24, 2.45) is 0 Å². The molecule has 39 heavy (non-hydrogen) atoms. The number of aryl methyl sites for hydroxylation is 1. The van der Waals surface area contributed by atoms with Gasteiger partial charge in [-0.25, -0.2) is 23.9 Å². The Kier molecular flexibility index (Phi) is 9.14. The number of benzene rings is 1. The SMILES string of the molecule is COc1cccc(-c2nnc(C[C@H](NS(=O)O)[C@H](OC)c3ncc(C)cn3)n2-c2c(OC)cccc2OC)n1. The highest BCUT2D eigenvalue weighted by molar-refractivity contribution is 7.77. The lowest BCUT2D eigenvalue weighted by Crippen LogP contribution is -2.40. The van der Waals surface area contributed by atoms with Crippen LogP contribution in [0.25, 0.3) is 17.2 Å². The molecule has 4 rings (SSSR count). The van der Waals surface area contributed by atoms with Gasteiger partial charge in [0.15, 0.2) is 11.6 Å². The predicted octanol–water partition coefficient (Wildman–Crippen LogP) is 2.48. The van der Waals surface area contributed by atoms with Crippen LogP contribution < -0.4 is 18.9 Å². The van der Waals surface area contributed by atoms with Gasteiger partial charge in [-0.1, -0.05) is 12.1 Å². The van der Waals surface area contributed by atoms with E-state index in [4.69, 9.17) is 18.9 Å². The van der Waals surface area contributed by atoms with Crippen LogP contribution in [-0.4, -0.2) is 73.0 Å². The van der Waals surface area contributed by atoms with E-state index in [1.54, 1.807) is 67.6 Å². The smallest absolute Gasteiger partial charge is 0.232 e. The average molecular weight is 556 g/mol. The fraction of sp³-hybridized carbons (Fsp3) is 0.320. The summed E-state index contributed by atoms with van der Waals surface area (Å²) in [5, 5.41) is 8.89. The van der Waals surface area contributed by atoms with Gasteiger partial charge in [-0.2, -0.15) is 0 Å². The van der Waals surface area contributed by atoms with Gasteiger partial charge in [0, 0.05) is 32.0 Å². The Labute approximate surface area is 228 Å². The van der Waals surface area contributed by atoms with Crippen LogP contribution in [0.5, 0.6) is 17.4 Å². The molecule has 1 aromatic carbocycles. The molecule has 4 aromatic rings. The van der Waals surface area contributed by atoms with Gasteiger partial charge < -0.3 is 18.9 Å². The number of hydrogen-bond donors (Lipinski definition) is 2. The quantitative estimate of drug-likeness (QED) is 0.248. The maximum absolute atomic E-state index is 12.0. The molecule has 0 aliphatic rings. The molecule has 13 nitrogen and oxygen atoms in total. The van der Waals surface area contributed by atoms with Gasteiger partial charge in [-0.05, 0) is 30.7 Å². The molecule has 0 aliphatic heterocycles. The zero-order chi connectivity index (χ0) is 27.9. The van der Waals surface area contributed by atoms with E-state index in [1.807, 2.05) is 6.92 Å². The first-order chi connectivity index (χ1) is 18.9. The monoisotopic (exact) mass is 555 g/mol. The minimum Gasteiger partial charge on any atom is -0.494 e. The Morgan fingerprint density at radius 1 is 0.974 bits per heavy atom.